The van der Waals surface area contributed by atoms with Crippen molar-refractivity contribution >= 4 is 17.3 Å². The van der Waals surface area contributed by atoms with E-state index in [1.807, 2.05) is 0 Å². The van der Waals surface area contributed by atoms with E-state index in [0.717, 1.165) is 0 Å². The smallest absolute Gasteiger partial charge is 0.147 e. The highest BCUT2D eigenvalue weighted by atomic mass is 35.5. The van der Waals surface area contributed by atoms with E-state index in [1.54, 1.807) is 26.0 Å². The summed E-state index contributed by atoms with van der Waals surface area (Å²) in [5, 5.41) is 12.6. The molecule has 0 aliphatic carbocycles. The number of halogens is 2. The SMILES string of the molecule is CC(C)(O)CNc1ccc(Cl)cc1F. The van der Waals surface area contributed by atoms with Crippen molar-refractivity contribution in [3.8, 4) is 0 Å². The molecule has 0 aromatic heterocycles. The van der Waals surface area contributed by atoms with Crippen LogP contribution in [-0.4, -0.2) is 17.3 Å². The van der Waals surface area contributed by atoms with E-state index < -0.39 is 11.4 Å². The molecule has 0 atom stereocenters. The summed E-state index contributed by atoms with van der Waals surface area (Å²) in [6.45, 7) is 3.58. The largest absolute Gasteiger partial charge is 0.389 e. The van der Waals surface area contributed by atoms with Gasteiger partial charge in [0.25, 0.3) is 0 Å². The van der Waals surface area contributed by atoms with Crippen molar-refractivity contribution < 1.29 is 9.50 Å². The van der Waals surface area contributed by atoms with Crippen molar-refractivity contribution in [2.45, 2.75) is 19.4 Å². The molecule has 1 aromatic carbocycles. The lowest BCUT2D eigenvalue weighted by atomic mass is 10.1. The second kappa shape index (κ2) is 4.15. The van der Waals surface area contributed by atoms with Gasteiger partial charge in [-0.2, -0.15) is 0 Å². The Hall–Kier alpha value is -0.800. The minimum absolute atomic E-state index is 0.283. The Bertz CT molecular complexity index is 322. The fourth-order valence-electron chi connectivity index (χ4n) is 0.944. The highest BCUT2D eigenvalue weighted by Gasteiger charge is 2.12. The van der Waals surface area contributed by atoms with Gasteiger partial charge in [0, 0.05) is 11.6 Å². The minimum atomic E-state index is -0.869. The number of benzene rings is 1. The van der Waals surface area contributed by atoms with Crippen LogP contribution >= 0.6 is 11.6 Å². The van der Waals surface area contributed by atoms with Crippen molar-refractivity contribution in [1.82, 2.24) is 0 Å². The minimum Gasteiger partial charge on any atom is -0.389 e. The molecule has 0 bridgehead atoms. The van der Waals surface area contributed by atoms with Crippen molar-refractivity contribution in [2.24, 2.45) is 0 Å². The summed E-state index contributed by atoms with van der Waals surface area (Å²) in [5.41, 5.74) is -0.525. The molecule has 1 aromatic rings. The predicted molar refractivity (Wildman–Crippen MR) is 56.2 cm³/mol. The molecule has 78 valence electrons. The van der Waals surface area contributed by atoms with Gasteiger partial charge >= 0.3 is 0 Å². The fraction of sp³-hybridized carbons (Fsp3) is 0.400. The van der Waals surface area contributed by atoms with Crippen LogP contribution in [0.25, 0.3) is 0 Å². The van der Waals surface area contributed by atoms with Crippen molar-refractivity contribution in [3.63, 3.8) is 0 Å². The third kappa shape index (κ3) is 3.52. The lowest BCUT2D eigenvalue weighted by Gasteiger charge is -2.18. The topological polar surface area (TPSA) is 32.3 Å². The Balaban J connectivity index is 2.68. The molecule has 0 amide bonds. The van der Waals surface area contributed by atoms with Crippen LogP contribution < -0.4 is 5.32 Å². The van der Waals surface area contributed by atoms with E-state index in [2.05, 4.69) is 5.32 Å². The van der Waals surface area contributed by atoms with Crippen molar-refractivity contribution in [3.05, 3.63) is 29.0 Å². The summed E-state index contributed by atoms with van der Waals surface area (Å²) < 4.78 is 13.2. The Labute approximate surface area is 87.7 Å². The van der Waals surface area contributed by atoms with Gasteiger partial charge in [-0.25, -0.2) is 4.39 Å². The maximum Gasteiger partial charge on any atom is 0.147 e. The Morgan fingerprint density at radius 2 is 2.14 bits per heavy atom. The zero-order chi connectivity index (χ0) is 10.8. The highest BCUT2D eigenvalue weighted by molar-refractivity contribution is 6.30. The first-order valence-electron chi connectivity index (χ1n) is 4.30. The first kappa shape index (κ1) is 11.3. The van der Waals surface area contributed by atoms with Crippen LogP contribution in [0.2, 0.25) is 5.02 Å². The zero-order valence-corrected chi connectivity index (χ0v) is 8.90. The van der Waals surface area contributed by atoms with E-state index in [0.29, 0.717) is 10.7 Å². The van der Waals surface area contributed by atoms with Gasteiger partial charge in [0.15, 0.2) is 0 Å². The molecule has 4 heteroatoms. The van der Waals surface area contributed by atoms with Gasteiger partial charge < -0.3 is 10.4 Å². The van der Waals surface area contributed by atoms with Crippen LogP contribution in [0.15, 0.2) is 18.2 Å². The number of hydrogen-bond acceptors (Lipinski definition) is 2. The van der Waals surface area contributed by atoms with Crippen molar-refractivity contribution in [2.75, 3.05) is 11.9 Å². The van der Waals surface area contributed by atoms with E-state index >= 15 is 0 Å². The maximum atomic E-state index is 13.2. The van der Waals surface area contributed by atoms with Gasteiger partial charge in [-0.1, -0.05) is 11.6 Å². The predicted octanol–water partition coefficient (Wildman–Crippen LogP) is 2.66. The quantitative estimate of drug-likeness (QED) is 0.816. The number of anilines is 1. The monoisotopic (exact) mass is 217 g/mol. The number of nitrogens with one attached hydrogen (secondary N) is 1. The lowest BCUT2D eigenvalue weighted by Crippen LogP contribution is -2.29. The van der Waals surface area contributed by atoms with Crippen LogP contribution in [0.1, 0.15) is 13.8 Å². The fourth-order valence-corrected chi connectivity index (χ4v) is 1.10. The van der Waals surface area contributed by atoms with Gasteiger partial charge in [-0.15, -0.1) is 0 Å². The molecule has 0 aliphatic rings. The van der Waals surface area contributed by atoms with Crippen LogP contribution in [0.4, 0.5) is 10.1 Å². The van der Waals surface area contributed by atoms with Gasteiger partial charge in [-0.3, -0.25) is 0 Å². The summed E-state index contributed by atoms with van der Waals surface area (Å²) in [5.74, 6) is -0.415. The average molecular weight is 218 g/mol. The molecule has 0 unspecified atom stereocenters. The summed E-state index contributed by atoms with van der Waals surface area (Å²) in [6.07, 6.45) is 0. The third-order valence-corrected chi connectivity index (χ3v) is 1.88. The van der Waals surface area contributed by atoms with E-state index in [4.69, 9.17) is 11.6 Å². The number of rotatable bonds is 3. The van der Waals surface area contributed by atoms with E-state index in [9.17, 15) is 9.50 Å². The van der Waals surface area contributed by atoms with E-state index in [1.165, 1.54) is 6.07 Å². The second-order valence-electron chi connectivity index (χ2n) is 3.79. The van der Waals surface area contributed by atoms with Crippen LogP contribution in [0.3, 0.4) is 0 Å². The highest BCUT2D eigenvalue weighted by Crippen LogP contribution is 2.19. The first-order valence-corrected chi connectivity index (χ1v) is 4.67. The number of aliphatic hydroxyl groups is 1. The first-order chi connectivity index (χ1) is 6.38. The number of hydrogen-bond donors (Lipinski definition) is 2. The van der Waals surface area contributed by atoms with Crippen LogP contribution in [0.5, 0.6) is 0 Å². The summed E-state index contributed by atoms with van der Waals surface area (Å²) in [6, 6.07) is 4.37. The molecular formula is C10H13ClFNO. The normalized spacial score (nSPS) is 11.5. The average Bonchev–Trinajstić information content (AvgIpc) is 2.00. The summed E-state index contributed by atoms with van der Waals surface area (Å²) in [7, 11) is 0. The standard InChI is InChI=1S/C10H13ClFNO/c1-10(2,14)6-13-9-4-3-7(11)5-8(9)12/h3-5,13-14H,6H2,1-2H3. The summed E-state index contributed by atoms with van der Waals surface area (Å²) in [4.78, 5) is 0. The molecule has 0 aliphatic heterocycles. The summed E-state index contributed by atoms with van der Waals surface area (Å²) >= 11 is 5.59. The third-order valence-electron chi connectivity index (χ3n) is 1.64. The van der Waals surface area contributed by atoms with Crippen LogP contribution in [-0.2, 0) is 0 Å². The molecule has 0 heterocycles. The van der Waals surface area contributed by atoms with Crippen molar-refractivity contribution in [1.29, 1.82) is 0 Å². The molecule has 0 spiro atoms. The van der Waals surface area contributed by atoms with Gasteiger partial charge in [-0.05, 0) is 32.0 Å². The Morgan fingerprint density at radius 3 is 2.64 bits per heavy atom. The molecule has 0 fully saturated rings. The lowest BCUT2D eigenvalue weighted by molar-refractivity contribution is 0.0944. The molecule has 2 N–H and O–H groups in total. The Morgan fingerprint density at radius 1 is 1.50 bits per heavy atom. The molecule has 14 heavy (non-hydrogen) atoms. The molecule has 0 saturated heterocycles. The maximum absolute atomic E-state index is 13.2. The van der Waals surface area contributed by atoms with E-state index in [-0.39, 0.29) is 6.54 Å². The van der Waals surface area contributed by atoms with Gasteiger partial charge in [0.05, 0.1) is 11.3 Å². The molecule has 0 radical (unpaired) electrons. The van der Waals surface area contributed by atoms with Gasteiger partial charge in [0.2, 0.25) is 0 Å². The van der Waals surface area contributed by atoms with Crippen LogP contribution in [0, 0.1) is 5.82 Å². The van der Waals surface area contributed by atoms with Gasteiger partial charge in [0.1, 0.15) is 5.82 Å². The molecule has 2 nitrogen and oxygen atoms in total. The second-order valence-corrected chi connectivity index (χ2v) is 4.23. The molecular weight excluding hydrogens is 205 g/mol. The zero-order valence-electron chi connectivity index (χ0n) is 8.14. The Kier molecular flexibility index (Phi) is 3.34. The molecule has 1 rings (SSSR count). The molecule has 0 saturated carbocycles.